The predicted octanol–water partition coefficient (Wildman–Crippen LogP) is 2.08. The van der Waals surface area contributed by atoms with E-state index in [0.29, 0.717) is 0 Å². The highest BCUT2D eigenvalue weighted by Gasteiger charge is 2.20. The van der Waals surface area contributed by atoms with Crippen LogP contribution in [0.5, 0.6) is 0 Å². The molecule has 0 aliphatic carbocycles. The third-order valence-corrected chi connectivity index (χ3v) is 3.62. The molecule has 0 bridgehead atoms. The van der Waals surface area contributed by atoms with Crippen molar-refractivity contribution < 1.29 is 4.79 Å². The van der Waals surface area contributed by atoms with Gasteiger partial charge in [0.25, 0.3) is 0 Å². The second-order valence-corrected chi connectivity index (χ2v) is 5.01. The quantitative estimate of drug-likeness (QED) is 0.888. The minimum atomic E-state index is 0. The largest absolute Gasteiger partial charge is 0.355 e. The maximum atomic E-state index is 11.9. The van der Waals surface area contributed by atoms with Gasteiger partial charge in [0.05, 0.1) is 5.92 Å². The Bertz CT molecular complexity index is 403. The molecule has 0 spiro atoms. The van der Waals surface area contributed by atoms with Crippen molar-refractivity contribution in [2.75, 3.05) is 19.6 Å². The number of piperidine rings is 1. The average molecular weight is 283 g/mol. The van der Waals surface area contributed by atoms with Crippen molar-refractivity contribution in [1.29, 1.82) is 0 Å². The second kappa shape index (κ2) is 8.18. The molecule has 0 aromatic heterocycles. The zero-order valence-electron chi connectivity index (χ0n) is 11.4. The van der Waals surface area contributed by atoms with Crippen molar-refractivity contribution in [2.24, 2.45) is 5.92 Å². The molecule has 4 heteroatoms. The van der Waals surface area contributed by atoms with Gasteiger partial charge in [-0.05, 0) is 43.9 Å². The summed E-state index contributed by atoms with van der Waals surface area (Å²) in [4.78, 5) is 11.9. The smallest absolute Gasteiger partial charge is 0.224 e. The Hall–Kier alpha value is -1.06. The van der Waals surface area contributed by atoms with Gasteiger partial charge in [0.15, 0.2) is 0 Å². The van der Waals surface area contributed by atoms with E-state index in [-0.39, 0.29) is 24.2 Å². The van der Waals surface area contributed by atoms with Crippen molar-refractivity contribution in [2.45, 2.75) is 26.2 Å². The lowest BCUT2D eigenvalue weighted by molar-refractivity contribution is -0.125. The number of benzene rings is 1. The molecule has 0 saturated carbocycles. The van der Waals surface area contributed by atoms with Gasteiger partial charge in [-0.3, -0.25) is 4.79 Å². The van der Waals surface area contributed by atoms with Crippen molar-refractivity contribution in [3.8, 4) is 0 Å². The van der Waals surface area contributed by atoms with Crippen molar-refractivity contribution >= 4 is 18.3 Å². The van der Waals surface area contributed by atoms with Crippen LogP contribution in [-0.2, 0) is 11.2 Å². The van der Waals surface area contributed by atoms with Crippen LogP contribution in [-0.4, -0.2) is 25.5 Å². The third-order valence-electron chi connectivity index (χ3n) is 3.62. The molecule has 0 radical (unpaired) electrons. The lowest BCUT2D eigenvalue weighted by Crippen LogP contribution is -2.41. The lowest BCUT2D eigenvalue weighted by atomic mass is 9.98. The van der Waals surface area contributed by atoms with Crippen LogP contribution in [0.3, 0.4) is 0 Å². The van der Waals surface area contributed by atoms with Gasteiger partial charge >= 0.3 is 0 Å². The molecule has 1 aliphatic heterocycles. The summed E-state index contributed by atoms with van der Waals surface area (Å²) >= 11 is 0. The fourth-order valence-corrected chi connectivity index (χ4v) is 2.43. The minimum Gasteiger partial charge on any atom is -0.355 e. The third kappa shape index (κ3) is 4.84. The molecule has 2 N–H and O–H groups in total. The van der Waals surface area contributed by atoms with Gasteiger partial charge in [-0.15, -0.1) is 12.4 Å². The average Bonchev–Trinajstić information content (AvgIpc) is 2.42. The summed E-state index contributed by atoms with van der Waals surface area (Å²) in [5.41, 5.74) is 2.62. The first-order chi connectivity index (χ1) is 8.77. The summed E-state index contributed by atoms with van der Waals surface area (Å²) in [7, 11) is 0. The molecule has 1 heterocycles. The van der Waals surface area contributed by atoms with Gasteiger partial charge in [-0.25, -0.2) is 0 Å². The number of aryl methyl sites for hydroxylation is 1. The van der Waals surface area contributed by atoms with Crippen molar-refractivity contribution in [3.05, 3.63) is 35.4 Å². The zero-order chi connectivity index (χ0) is 12.8. The van der Waals surface area contributed by atoms with Gasteiger partial charge in [0, 0.05) is 13.1 Å². The Morgan fingerprint density at radius 3 is 2.89 bits per heavy atom. The van der Waals surface area contributed by atoms with Crippen LogP contribution in [0.2, 0.25) is 0 Å². The van der Waals surface area contributed by atoms with Crippen LogP contribution in [0.15, 0.2) is 24.3 Å². The van der Waals surface area contributed by atoms with Gasteiger partial charge in [-0.2, -0.15) is 0 Å². The fourth-order valence-electron chi connectivity index (χ4n) is 2.43. The first kappa shape index (κ1) is 16.0. The molecule has 1 aromatic carbocycles. The van der Waals surface area contributed by atoms with Crippen LogP contribution < -0.4 is 10.6 Å². The molecule has 2 rings (SSSR count). The number of carbonyl (C=O) groups excluding carboxylic acids is 1. The van der Waals surface area contributed by atoms with Gasteiger partial charge in [0.2, 0.25) is 5.91 Å². The molecule has 1 aromatic rings. The Morgan fingerprint density at radius 1 is 1.42 bits per heavy atom. The molecule has 1 fully saturated rings. The summed E-state index contributed by atoms with van der Waals surface area (Å²) < 4.78 is 0. The maximum absolute atomic E-state index is 11.9. The molecule has 1 amide bonds. The van der Waals surface area contributed by atoms with Gasteiger partial charge < -0.3 is 10.6 Å². The number of rotatable bonds is 4. The zero-order valence-corrected chi connectivity index (χ0v) is 12.3. The second-order valence-electron chi connectivity index (χ2n) is 5.01. The fraction of sp³-hybridized carbons (Fsp3) is 0.533. The molecule has 1 saturated heterocycles. The van der Waals surface area contributed by atoms with E-state index in [0.717, 1.165) is 38.9 Å². The van der Waals surface area contributed by atoms with E-state index in [9.17, 15) is 4.79 Å². The Labute approximate surface area is 121 Å². The molecule has 1 aliphatic rings. The summed E-state index contributed by atoms with van der Waals surface area (Å²) in [5, 5.41) is 6.32. The molecular weight excluding hydrogens is 260 g/mol. The van der Waals surface area contributed by atoms with E-state index < -0.39 is 0 Å². The van der Waals surface area contributed by atoms with Gasteiger partial charge in [-0.1, -0.05) is 24.3 Å². The topological polar surface area (TPSA) is 41.1 Å². The number of hydrogen-bond donors (Lipinski definition) is 2. The lowest BCUT2D eigenvalue weighted by Gasteiger charge is -2.21. The predicted molar refractivity (Wildman–Crippen MR) is 80.7 cm³/mol. The van der Waals surface area contributed by atoms with Gasteiger partial charge in [0.1, 0.15) is 0 Å². The standard InChI is InChI=1S/C15H22N2O.ClH/c1-12-5-2-3-6-13(12)8-10-17-15(18)14-7-4-9-16-11-14;/h2-3,5-6,14,16H,4,7-11H2,1H3,(H,17,18);1H/t14-;/m1./s1. The Balaban J connectivity index is 0.00000180. The molecular formula is C15H23ClN2O. The van der Waals surface area contributed by atoms with Crippen molar-refractivity contribution in [3.63, 3.8) is 0 Å². The number of halogens is 1. The summed E-state index contributed by atoms with van der Waals surface area (Å²) in [6.07, 6.45) is 3.04. The van der Waals surface area contributed by atoms with Crippen molar-refractivity contribution in [1.82, 2.24) is 10.6 Å². The molecule has 0 unspecified atom stereocenters. The molecule has 19 heavy (non-hydrogen) atoms. The summed E-state index contributed by atoms with van der Waals surface area (Å²) in [5.74, 6) is 0.367. The van der Waals surface area contributed by atoms with E-state index in [4.69, 9.17) is 0 Å². The number of nitrogens with one attached hydrogen (secondary N) is 2. The normalized spacial score (nSPS) is 18.5. The highest BCUT2D eigenvalue weighted by molar-refractivity contribution is 5.85. The first-order valence-electron chi connectivity index (χ1n) is 6.80. The van der Waals surface area contributed by atoms with E-state index in [1.54, 1.807) is 0 Å². The Morgan fingerprint density at radius 2 is 2.21 bits per heavy atom. The first-order valence-corrected chi connectivity index (χ1v) is 6.80. The van der Waals surface area contributed by atoms with Crippen LogP contribution in [0.25, 0.3) is 0 Å². The van der Waals surface area contributed by atoms with E-state index in [1.165, 1.54) is 11.1 Å². The van der Waals surface area contributed by atoms with Crippen LogP contribution in [0, 0.1) is 12.8 Å². The van der Waals surface area contributed by atoms with Crippen LogP contribution >= 0.6 is 12.4 Å². The minimum absolute atomic E-state index is 0. The highest BCUT2D eigenvalue weighted by Crippen LogP contribution is 2.10. The maximum Gasteiger partial charge on any atom is 0.224 e. The summed E-state index contributed by atoms with van der Waals surface area (Å²) in [6.45, 7) is 4.73. The Kier molecular flexibility index (Phi) is 6.89. The number of hydrogen-bond acceptors (Lipinski definition) is 2. The number of amides is 1. The molecule has 1 atom stereocenters. The van der Waals surface area contributed by atoms with E-state index in [1.807, 2.05) is 6.07 Å². The SMILES string of the molecule is Cc1ccccc1CCNC(=O)[C@@H]1CCCNC1.Cl. The monoisotopic (exact) mass is 282 g/mol. The van der Waals surface area contributed by atoms with Crippen LogP contribution in [0.4, 0.5) is 0 Å². The van der Waals surface area contributed by atoms with E-state index >= 15 is 0 Å². The highest BCUT2D eigenvalue weighted by atomic mass is 35.5. The molecule has 3 nitrogen and oxygen atoms in total. The van der Waals surface area contributed by atoms with Crippen LogP contribution in [0.1, 0.15) is 24.0 Å². The summed E-state index contributed by atoms with van der Waals surface area (Å²) in [6, 6.07) is 8.34. The molecule has 106 valence electrons. The number of carbonyl (C=O) groups is 1. The van der Waals surface area contributed by atoms with E-state index in [2.05, 4.69) is 35.8 Å².